The van der Waals surface area contributed by atoms with Crippen LogP contribution in [0.15, 0.2) is 29.2 Å². The van der Waals surface area contributed by atoms with Gasteiger partial charge in [0.15, 0.2) is 0 Å². The normalized spacial score (nSPS) is 22.7. The molecule has 0 amide bonds. The van der Waals surface area contributed by atoms with Gasteiger partial charge < -0.3 is 10.2 Å². The van der Waals surface area contributed by atoms with Gasteiger partial charge in [0.25, 0.3) is 0 Å². The van der Waals surface area contributed by atoms with Crippen LogP contribution in [0.2, 0.25) is 0 Å². The molecule has 19 heavy (non-hydrogen) atoms. The van der Waals surface area contributed by atoms with Gasteiger partial charge in [0, 0.05) is 23.5 Å². The second kappa shape index (κ2) is 5.76. The molecule has 1 heterocycles. The molecule has 0 atom stereocenters. The van der Waals surface area contributed by atoms with Crippen LogP contribution in [0.3, 0.4) is 0 Å². The first-order chi connectivity index (χ1) is 9.33. The Bertz CT molecular complexity index is 427. The number of nitrogens with zero attached hydrogens (tertiary/aromatic N) is 1. The molecule has 1 aliphatic heterocycles. The Balaban J connectivity index is 1.86. The van der Waals surface area contributed by atoms with Gasteiger partial charge in [-0.3, -0.25) is 0 Å². The van der Waals surface area contributed by atoms with E-state index in [1.54, 1.807) is 0 Å². The summed E-state index contributed by atoms with van der Waals surface area (Å²) in [6, 6.07) is 8.87. The first-order valence-electron chi connectivity index (χ1n) is 7.46. The van der Waals surface area contributed by atoms with E-state index in [1.165, 1.54) is 62.3 Å². The number of nitrogens with one attached hydrogen (secondary N) is 1. The molecular formula is C16H24N2S. The van der Waals surface area contributed by atoms with Crippen molar-refractivity contribution < 1.29 is 0 Å². The maximum Gasteiger partial charge on any atom is 0.0504 e. The van der Waals surface area contributed by atoms with E-state index >= 15 is 0 Å². The molecule has 2 aliphatic rings. The fraction of sp³-hybridized carbons (Fsp3) is 0.625. The van der Waals surface area contributed by atoms with Crippen LogP contribution in [-0.2, 0) is 0 Å². The molecule has 1 aliphatic carbocycles. The quantitative estimate of drug-likeness (QED) is 0.832. The van der Waals surface area contributed by atoms with Gasteiger partial charge in [-0.05, 0) is 44.2 Å². The van der Waals surface area contributed by atoms with E-state index in [0.29, 0.717) is 5.54 Å². The van der Waals surface area contributed by atoms with Crippen LogP contribution in [0, 0.1) is 0 Å². The Morgan fingerprint density at radius 3 is 2.74 bits per heavy atom. The molecule has 0 bridgehead atoms. The van der Waals surface area contributed by atoms with Crippen LogP contribution in [-0.4, -0.2) is 31.4 Å². The summed E-state index contributed by atoms with van der Waals surface area (Å²) in [5.41, 5.74) is 1.83. The standard InChI is InChI=1S/C16H24N2S/c1-19-15-8-3-2-7-14(15)18-12-6-11-17-16(13-18)9-4-5-10-16/h2-3,7-8,17H,4-6,9-13H2,1H3. The molecule has 1 saturated heterocycles. The van der Waals surface area contributed by atoms with Crippen LogP contribution in [0.25, 0.3) is 0 Å². The molecule has 1 N–H and O–H groups in total. The van der Waals surface area contributed by atoms with Gasteiger partial charge in [0.1, 0.15) is 0 Å². The van der Waals surface area contributed by atoms with E-state index in [-0.39, 0.29) is 0 Å². The molecule has 2 nitrogen and oxygen atoms in total. The lowest BCUT2D eigenvalue weighted by atomic mass is 9.97. The molecular weight excluding hydrogens is 252 g/mol. The van der Waals surface area contributed by atoms with Gasteiger partial charge in [0.2, 0.25) is 0 Å². The summed E-state index contributed by atoms with van der Waals surface area (Å²) in [5, 5.41) is 3.85. The van der Waals surface area contributed by atoms with Crippen LogP contribution >= 0.6 is 11.8 Å². The molecule has 3 rings (SSSR count). The monoisotopic (exact) mass is 276 g/mol. The Kier molecular flexibility index (Phi) is 4.04. The molecule has 3 heteroatoms. The number of hydrogen-bond donors (Lipinski definition) is 1. The molecule has 0 unspecified atom stereocenters. The van der Waals surface area contributed by atoms with E-state index in [4.69, 9.17) is 0 Å². The van der Waals surface area contributed by atoms with Gasteiger partial charge in [-0.15, -0.1) is 11.8 Å². The highest BCUT2D eigenvalue weighted by atomic mass is 32.2. The molecule has 0 radical (unpaired) electrons. The first kappa shape index (κ1) is 13.3. The third-order valence-corrected chi connectivity index (χ3v) is 5.37. The summed E-state index contributed by atoms with van der Waals surface area (Å²) in [7, 11) is 0. The Morgan fingerprint density at radius 1 is 1.16 bits per heavy atom. The summed E-state index contributed by atoms with van der Waals surface area (Å²) in [4.78, 5) is 4.04. The Morgan fingerprint density at radius 2 is 1.95 bits per heavy atom. The molecule has 1 aromatic carbocycles. The second-order valence-corrected chi connectivity index (χ2v) is 6.71. The van der Waals surface area contributed by atoms with Crippen LogP contribution in [0.1, 0.15) is 32.1 Å². The van der Waals surface area contributed by atoms with Crippen molar-refractivity contribution in [2.45, 2.75) is 42.5 Å². The second-order valence-electron chi connectivity index (χ2n) is 5.86. The zero-order chi connectivity index (χ0) is 13.1. The highest BCUT2D eigenvalue weighted by Gasteiger charge is 2.36. The number of anilines is 1. The summed E-state index contributed by atoms with van der Waals surface area (Å²) < 4.78 is 0. The maximum absolute atomic E-state index is 3.85. The minimum atomic E-state index is 0.391. The summed E-state index contributed by atoms with van der Waals surface area (Å²) >= 11 is 1.86. The van der Waals surface area contributed by atoms with Crippen molar-refractivity contribution in [3.8, 4) is 0 Å². The first-order valence-corrected chi connectivity index (χ1v) is 8.68. The third-order valence-electron chi connectivity index (χ3n) is 4.58. The molecule has 1 spiro atoms. The molecule has 1 aromatic rings. The number of benzene rings is 1. The topological polar surface area (TPSA) is 15.3 Å². The number of rotatable bonds is 2. The van der Waals surface area contributed by atoms with Crippen molar-refractivity contribution in [1.82, 2.24) is 5.32 Å². The lowest BCUT2D eigenvalue weighted by molar-refractivity contribution is 0.354. The van der Waals surface area contributed by atoms with Crippen molar-refractivity contribution in [3.05, 3.63) is 24.3 Å². The van der Waals surface area contributed by atoms with E-state index in [1.807, 2.05) is 11.8 Å². The van der Waals surface area contributed by atoms with E-state index in [0.717, 1.165) is 0 Å². The molecule has 104 valence electrons. The number of hydrogen-bond acceptors (Lipinski definition) is 3. The summed E-state index contributed by atoms with van der Waals surface area (Å²) in [6.07, 6.45) is 8.93. The summed E-state index contributed by atoms with van der Waals surface area (Å²) in [6.45, 7) is 3.55. The Hall–Kier alpha value is -0.670. The van der Waals surface area contributed by atoms with E-state index < -0.39 is 0 Å². The van der Waals surface area contributed by atoms with E-state index in [2.05, 4.69) is 40.7 Å². The van der Waals surface area contributed by atoms with Crippen LogP contribution in [0.4, 0.5) is 5.69 Å². The maximum atomic E-state index is 3.85. The minimum absolute atomic E-state index is 0.391. The zero-order valence-corrected chi connectivity index (χ0v) is 12.6. The fourth-order valence-corrected chi connectivity index (χ4v) is 4.23. The predicted octanol–water partition coefficient (Wildman–Crippen LogP) is 3.52. The highest BCUT2D eigenvalue weighted by molar-refractivity contribution is 7.98. The van der Waals surface area contributed by atoms with Gasteiger partial charge in [-0.25, -0.2) is 0 Å². The minimum Gasteiger partial charge on any atom is -0.369 e. The van der Waals surface area contributed by atoms with Crippen molar-refractivity contribution in [3.63, 3.8) is 0 Å². The smallest absolute Gasteiger partial charge is 0.0504 e. The number of thioether (sulfide) groups is 1. The van der Waals surface area contributed by atoms with Crippen molar-refractivity contribution in [1.29, 1.82) is 0 Å². The van der Waals surface area contributed by atoms with Crippen LogP contribution in [0.5, 0.6) is 0 Å². The average molecular weight is 276 g/mol. The lowest BCUT2D eigenvalue weighted by Gasteiger charge is -2.35. The highest BCUT2D eigenvalue weighted by Crippen LogP contribution is 2.35. The van der Waals surface area contributed by atoms with Gasteiger partial charge in [-0.1, -0.05) is 25.0 Å². The predicted molar refractivity (Wildman–Crippen MR) is 84.3 cm³/mol. The zero-order valence-electron chi connectivity index (χ0n) is 11.8. The van der Waals surface area contributed by atoms with Crippen molar-refractivity contribution >= 4 is 17.4 Å². The SMILES string of the molecule is CSc1ccccc1N1CCCNC2(CCCC2)C1. The molecule has 1 saturated carbocycles. The largest absolute Gasteiger partial charge is 0.369 e. The van der Waals surface area contributed by atoms with Gasteiger partial charge >= 0.3 is 0 Å². The molecule has 2 fully saturated rings. The molecule has 0 aromatic heterocycles. The van der Waals surface area contributed by atoms with Crippen LogP contribution < -0.4 is 10.2 Å². The fourth-order valence-electron chi connectivity index (χ4n) is 3.61. The van der Waals surface area contributed by atoms with E-state index in [9.17, 15) is 0 Å². The van der Waals surface area contributed by atoms with Crippen molar-refractivity contribution in [2.75, 3.05) is 30.8 Å². The van der Waals surface area contributed by atoms with Gasteiger partial charge in [0.05, 0.1) is 5.69 Å². The third kappa shape index (κ3) is 2.77. The van der Waals surface area contributed by atoms with Gasteiger partial charge in [-0.2, -0.15) is 0 Å². The number of para-hydroxylation sites is 1. The lowest BCUT2D eigenvalue weighted by Crippen LogP contribution is -2.49. The Labute approximate surface area is 121 Å². The van der Waals surface area contributed by atoms with Crippen molar-refractivity contribution in [2.24, 2.45) is 0 Å². The average Bonchev–Trinajstić information content (AvgIpc) is 2.80. The summed E-state index contributed by atoms with van der Waals surface area (Å²) in [5.74, 6) is 0.